The monoisotopic (exact) mass is 580 g/mol. The molecule has 0 saturated carbocycles. The molecule has 7 nitrogen and oxygen atoms in total. The number of aliphatic hydroxyl groups excluding tert-OH is 1. The molecule has 0 radical (unpaired) electrons. The van der Waals surface area contributed by atoms with E-state index >= 15 is 0 Å². The number of halogens is 1. The fraction of sp³-hybridized carbons (Fsp3) is 0.172. The quantitative estimate of drug-likeness (QED) is 0.267. The summed E-state index contributed by atoms with van der Waals surface area (Å²) in [6.07, 6.45) is 3.29. The number of phenolic OH excluding ortho intramolecular Hbond substituents is 1. The van der Waals surface area contributed by atoms with Crippen molar-refractivity contribution in [3.05, 3.63) is 107 Å². The third-order valence-electron chi connectivity index (χ3n) is 6.59. The van der Waals surface area contributed by atoms with Crippen LogP contribution in [0.4, 0.5) is 5.69 Å². The topological polar surface area (TPSA) is 108 Å². The van der Waals surface area contributed by atoms with Gasteiger partial charge in [0, 0.05) is 40.7 Å². The Bertz CT molecular complexity index is 1590. The highest BCUT2D eigenvalue weighted by molar-refractivity contribution is 8.00. The van der Waals surface area contributed by atoms with Gasteiger partial charge in [-0.25, -0.2) is 8.42 Å². The summed E-state index contributed by atoms with van der Waals surface area (Å²) in [4.78, 5) is 19.3. The number of amides is 1. The number of carbonyl (C=O) groups is 1. The molecule has 5 rings (SSSR count). The molecule has 1 saturated heterocycles. The van der Waals surface area contributed by atoms with Crippen LogP contribution in [-0.4, -0.2) is 46.8 Å². The smallest absolute Gasteiger partial charge is 0.243 e. The molecule has 1 aromatic heterocycles. The minimum Gasteiger partial charge on any atom is -0.508 e. The summed E-state index contributed by atoms with van der Waals surface area (Å²) < 4.78 is 23.9. The molecule has 3 aromatic carbocycles. The van der Waals surface area contributed by atoms with E-state index in [4.69, 9.17) is 11.6 Å². The second-order valence-electron chi connectivity index (χ2n) is 9.29. The van der Waals surface area contributed by atoms with Crippen molar-refractivity contribution in [1.82, 2.24) is 4.98 Å². The van der Waals surface area contributed by atoms with Crippen molar-refractivity contribution in [1.29, 1.82) is 0 Å². The van der Waals surface area contributed by atoms with Gasteiger partial charge in [-0.3, -0.25) is 9.78 Å². The summed E-state index contributed by atoms with van der Waals surface area (Å²) in [7, 11) is -3.39. The van der Waals surface area contributed by atoms with Crippen molar-refractivity contribution in [2.45, 2.75) is 22.3 Å². The van der Waals surface area contributed by atoms with Crippen LogP contribution in [0.25, 0.3) is 11.1 Å². The fourth-order valence-electron chi connectivity index (χ4n) is 4.48. The van der Waals surface area contributed by atoms with Crippen LogP contribution < -0.4 is 4.90 Å². The average molecular weight is 581 g/mol. The zero-order valence-electron chi connectivity index (χ0n) is 20.8. The lowest BCUT2D eigenvalue weighted by atomic mass is 9.92. The van der Waals surface area contributed by atoms with Crippen molar-refractivity contribution >= 4 is 44.8 Å². The van der Waals surface area contributed by atoms with Crippen LogP contribution in [0.15, 0.2) is 96.2 Å². The number of rotatable bonds is 8. The molecule has 1 amide bonds. The minimum absolute atomic E-state index is 0.0881. The highest BCUT2D eigenvalue weighted by Gasteiger charge is 2.49. The normalized spacial score (nSPS) is 18.0. The molecule has 2 heterocycles. The van der Waals surface area contributed by atoms with Crippen molar-refractivity contribution in [3.8, 4) is 16.9 Å². The molecule has 200 valence electrons. The van der Waals surface area contributed by atoms with Gasteiger partial charge in [0.1, 0.15) is 11.0 Å². The third kappa shape index (κ3) is 5.81. The van der Waals surface area contributed by atoms with E-state index in [1.165, 1.54) is 18.0 Å². The van der Waals surface area contributed by atoms with E-state index in [0.29, 0.717) is 22.0 Å². The summed E-state index contributed by atoms with van der Waals surface area (Å²) in [5, 5.41) is 20.6. The number of anilines is 1. The van der Waals surface area contributed by atoms with Gasteiger partial charge in [0.25, 0.3) is 0 Å². The van der Waals surface area contributed by atoms with Crippen molar-refractivity contribution in [2.24, 2.45) is 0 Å². The average Bonchev–Trinajstić information content (AvgIpc) is 2.92. The van der Waals surface area contributed by atoms with Gasteiger partial charge >= 0.3 is 0 Å². The van der Waals surface area contributed by atoms with Crippen LogP contribution >= 0.6 is 23.4 Å². The molecule has 3 atom stereocenters. The number of sulfone groups is 1. The number of thioether (sulfide) groups is 1. The van der Waals surface area contributed by atoms with Crippen LogP contribution in [-0.2, 0) is 14.6 Å². The minimum atomic E-state index is -3.39. The second kappa shape index (κ2) is 11.0. The molecule has 0 bridgehead atoms. The number of carbonyl (C=O) groups excluding carboxylic acids is 1. The maximum absolute atomic E-state index is 13.4. The highest BCUT2D eigenvalue weighted by Crippen LogP contribution is 2.46. The summed E-state index contributed by atoms with van der Waals surface area (Å²) in [5.74, 6) is 0.366. The number of phenols is 1. The van der Waals surface area contributed by atoms with Crippen molar-refractivity contribution in [2.75, 3.05) is 16.9 Å². The predicted octanol–water partition coefficient (Wildman–Crippen LogP) is 5.43. The summed E-state index contributed by atoms with van der Waals surface area (Å²) >= 11 is 7.34. The standard InChI is InChI=1S/C29H25ClN2O5S2/c1-39(36,37)25-14-21(15-31-16-25)18-4-10-23(11-5-18)32-27(20-6-12-24(33)13-7-20)28(29(32)35)38-17-26(34)19-2-8-22(30)9-3-19/h2-16,26-28,33-34H,17H2,1H3/t26-,27-,28-/m1/s1. The van der Waals surface area contributed by atoms with Gasteiger partial charge in [-0.05, 0) is 59.2 Å². The Morgan fingerprint density at radius 3 is 2.28 bits per heavy atom. The first-order valence-corrected chi connectivity index (χ1v) is 15.4. The van der Waals surface area contributed by atoms with E-state index in [1.54, 1.807) is 65.7 Å². The van der Waals surface area contributed by atoms with Gasteiger partial charge in [-0.15, -0.1) is 11.8 Å². The first kappa shape index (κ1) is 27.2. The molecular formula is C29H25ClN2O5S2. The van der Waals surface area contributed by atoms with E-state index in [-0.39, 0.29) is 22.6 Å². The van der Waals surface area contributed by atoms with Crippen molar-refractivity contribution < 1.29 is 23.4 Å². The van der Waals surface area contributed by atoms with Gasteiger partial charge in [0.2, 0.25) is 5.91 Å². The molecule has 1 aliphatic rings. The second-order valence-corrected chi connectivity index (χ2v) is 12.9. The van der Waals surface area contributed by atoms with Gasteiger partial charge < -0.3 is 15.1 Å². The molecule has 1 aliphatic heterocycles. The number of hydrogen-bond acceptors (Lipinski definition) is 7. The molecule has 10 heteroatoms. The zero-order valence-corrected chi connectivity index (χ0v) is 23.2. The van der Waals surface area contributed by atoms with Gasteiger partial charge in [-0.1, -0.05) is 48.0 Å². The van der Waals surface area contributed by atoms with Crippen LogP contribution in [0.2, 0.25) is 5.02 Å². The van der Waals surface area contributed by atoms with E-state index in [1.807, 2.05) is 24.3 Å². The Morgan fingerprint density at radius 1 is 0.974 bits per heavy atom. The van der Waals surface area contributed by atoms with Crippen LogP contribution in [0.1, 0.15) is 23.3 Å². The van der Waals surface area contributed by atoms with E-state index in [9.17, 15) is 23.4 Å². The van der Waals surface area contributed by atoms with Crippen molar-refractivity contribution in [3.63, 3.8) is 0 Å². The van der Waals surface area contributed by atoms with Gasteiger partial charge in [-0.2, -0.15) is 0 Å². The largest absolute Gasteiger partial charge is 0.508 e. The molecule has 0 spiro atoms. The van der Waals surface area contributed by atoms with Crippen LogP contribution in [0.5, 0.6) is 5.75 Å². The number of aromatic nitrogens is 1. The number of benzene rings is 3. The van der Waals surface area contributed by atoms with Crippen LogP contribution in [0.3, 0.4) is 0 Å². The molecule has 0 unspecified atom stereocenters. The molecular weight excluding hydrogens is 556 g/mol. The Balaban J connectivity index is 1.38. The maximum atomic E-state index is 13.4. The predicted molar refractivity (Wildman–Crippen MR) is 154 cm³/mol. The Hall–Kier alpha value is -3.37. The lowest BCUT2D eigenvalue weighted by Gasteiger charge is -2.47. The Kier molecular flexibility index (Phi) is 7.68. The molecule has 39 heavy (non-hydrogen) atoms. The SMILES string of the molecule is CS(=O)(=O)c1cncc(-c2ccc(N3C(=O)[C@H](SC[C@@H](O)c4ccc(Cl)cc4)[C@H]3c3ccc(O)cc3)cc2)c1. The summed E-state index contributed by atoms with van der Waals surface area (Å²) in [5.41, 5.74) is 3.69. The lowest BCUT2D eigenvalue weighted by Crippen LogP contribution is -2.57. The summed E-state index contributed by atoms with van der Waals surface area (Å²) in [6.45, 7) is 0. The number of aromatic hydroxyl groups is 1. The van der Waals surface area contributed by atoms with E-state index < -0.39 is 21.2 Å². The molecule has 2 N–H and O–H groups in total. The first-order valence-electron chi connectivity index (χ1n) is 12.0. The fourth-order valence-corrected chi connectivity index (χ4v) is 6.50. The Labute approximate surface area is 236 Å². The number of nitrogens with zero attached hydrogens (tertiary/aromatic N) is 2. The molecule has 4 aromatic rings. The van der Waals surface area contributed by atoms with E-state index in [0.717, 1.165) is 22.9 Å². The van der Waals surface area contributed by atoms with Gasteiger partial charge in [0.15, 0.2) is 9.84 Å². The third-order valence-corrected chi connectivity index (χ3v) is 9.25. The number of hydrogen-bond donors (Lipinski definition) is 2. The van der Waals surface area contributed by atoms with Gasteiger partial charge in [0.05, 0.1) is 17.0 Å². The summed E-state index contributed by atoms with van der Waals surface area (Å²) in [6, 6.07) is 22.3. The first-order chi connectivity index (χ1) is 18.6. The number of pyridine rings is 1. The highest BCUT2D eigenvalue weighted by atomic mass is 35.5. The lowest BCUT2D eigenvalue weighted by molar-refractivity contribution is -0.123. The molecule has 0 aliphatic carbocycles. The van der Waals surface area contributed by atoms with Crippen LogP contribution in [0, 0.1) is 0 Å². The van der Waals surface area contributed by atoms with E-state index in [2.05, 4.69) is 4.98 Å². The number of aliphatic hydroxyl groups is 1. The Morgan fingerprint density at radius 2 is 1.64 bits per heavy atom. The molecule has 1 fully saturated rings. The maximum Gasteiger partial charge on any atom is 0.243 e. The zero-order chi connectivity index (χ0) is 27.7. The number of β-lactam (4-membered cyclic amide) rings is 1.